The zero-order valence-corrected chi connectivity index (χ0v) is 10.6. The zero-order valence-electron chi connectivity index (χ0n) is 15.9. The fourth-order valence-electron chi connectivity index (χ4n) is 2.52. The minimum atomic E-state index is -2.46. The molecule has 0 radical (unpaired) electrons. The topological polar surface area (TPSA) is 43.1 Å². The summed E-state index contributed by atoms with van der Waals surface area (Å²) in [5.41, 5.74) is 7.46. The van der Waals surface area contributed by atoms with Crippen LogP contribution < -0.4 is 5.73 Å². The van der Waals surface area contributed by atoms with Gasteiger partial charge < -0.3 is 5.73 Å². The van der Waals surface area contributed by atoms with Gasteiger partial charge in [0.25, 0.3) is 0 Å². The van der Waals surface area contributed by atoms with E-state index in [1.807, 2.05) is 0 Å². The molecule has 1 unspecified atom stereocenters. The molecule has 18 heavy (non-hydrogen) atoms. The number of carbonyl (C=O) groups excluding carboxylic acids is 1. The average Bonchev–Trinajstić information content (AvgIpc) is 2.80. The monoisotopic (exact) mass is 267 g/mol. The van der Waals surface area contributed by atoms with Gasteiger partial charge in [-0.05, 0) is 66.4 Å². The molecule has 1 aromatic rings. The summed E-state index contributed by atoms with van der Waals surface area (Å²) < 4.78 is 48.8. The molecule has 1 atom stereocenters. The first-order valence-corrected chi connectivity index (χ1v) is 6.09. The van der Waals surface area contributed by atoms with Crippen LogP contribution in [0.15, 0.2) is 17.7 Å². The number of hydrogen-bond donors (Lipinski definition) is 1. The van der Waals surface area contributed by atoms with Crippen LogP contribution in [-0.2, 0) is 11.2 Å². The van der Waals surface area contributed by atoms with Gasteiger partial charge in [0, 0.05) is 10.5 Å². The fourth-order valence-corrected chi connectivity index (χ4v) is 2.66. The van der Waals surface area contributed by atoms with Crippen molar-refractivity contribution in [2.75, 3.05) is 0 Å². The normalized spacial score (nSPS) is 32.2. The van der Waals surface area contributed by atoms with Crippen molar-refractivity contribution in [3.63, 3.8) is 0 Å². The smallest absolute Gasteiger partial charge is 0.224 e. The molecule has 0 saturated carbocycles. The summed E-state index contributed by atoms with van der Waals surface area (Å²) in [5, 5.41) is 0.122. The van der Waals surface area contributed by atoms with Crippen LogP contribution in [0.5, 0.6) is 0 Å². The minimum Gasteiger partial charge on any atom is -0.369 e. The number of rotatable bonds is 1. The van der Waals surface area contributed by atoms with Crippen molar-refractivity contribution in [2.24, 2.45) is 11.7 Å². The Kier molecular flexibility index (Phi) is 1.55. The van der Waals surface area contributed by atoms with Crippen molar-refractivity contribution in [3.8, 4) is 0 Å². The number of primary amides is 1. The first-order chi connectivity index (χ1) is 10.9. The van der Waals surface area contributed by atoms with Crippen LogP contribution >= 0.6 is 11.6 Å². The maximum atomic E-state index is 11.9. The molecule has 0 bridgehead atoms. The number of allylic oxidation sites excluding steroid dienone is 1. The Hall–Kier alpha value is -1.28. The highest BCUT2D eigenvalue weighted by molar-refractivity contribution is 6.31. The molecule has 0 heterocycles. The van der Waals surface area contributed by atoms with Crippen LogP contribution in [-0.4, -0.2) is 5.91 Å². The summed E-state index contributed by atoms with van der Waals surface area (Å²) in [6.07, 6.45) is -4.94. The molecule has 2 aliphatic carbocycles. The van der Waals surface area contributed by atoms with E-state index in [2.05, 4.69) is 0 Å². The van der Waals surface area contributed by atoms with E-state index in [4.69, 9.17) is 25.6 Å². The molecule has 94 valence electrons. The van der Waals surface area contributed by atoms with Crippen molar-refractivity contribution < 1.29 is 13.0 Å². The van der Waals surface area contributed by atoms with Crippen LogP contribution in [0.2, 0.25) is 5.02 Å². The molecular formula is C15H16ClNO. The third-order valence-corrected chi connectivity index (χ3v) is 3.78. The number of hydrogen-bond acceptors (Lipinski definition) is 1. The molecule has 0 spiro atoms. The second-order valence-electron chi connectivity index (χ2n) is 4.56. The Morgan fingerprint density at radius 1 is 1.61 bits per heavy atom. The van der Waals surface area contributed by atoms with E-state index in [9.17, 15) is 4.79 Å². The molecule has 2 nitrogen and oxygen atoms in total. The van der Waals surface area contributed by atoms with Gasteiger partial charge in [-0.15, -0.1) is 0 Å². The molecule has 0 aliphatic heterocycles. The fraction of sp³-hybridized carbons (Fsp3) is 0.400. The summed E-state index contributed by atoms with van der Waals surface area (Å²) in [6.45, 7) is 1.63. The highest BCUT2D eigenvalue weighted by Gasteiger charge is 2.33. The summed E-state index contributed by atoms with van der Waals surface area (Å²) in [7, 11) is 0. The van der Waals surface area contributed by atoms with Gasteiger partial charge in [0.05, 0.1) is 8.66 Å². The number of carbonyl (C=O) groups is 1. The number of fused-ring (bicyclic) bond motifs is 2. The number of amides is 1. The van der Waals surface area contributed by atoms with Gasteiger partial charge in [-0.2, -0.15) is 0 Å². The van der Waals surface area contributed by atoms with E-state index in [1.165, 1.54) is 0 Å². The third-order valence-electron chi connectivity index (χ3n) is 3.41. The SMILES string of the molecule is [2H]c1c(C)c(Cl)c([2H])c2c1CC1=C2CC([2H])([2H])C([2H])([2H])C1C(N)=O. The lowest BCUT2D eigenvalue weighted by molar-refractivity contribution is -0.121. The van der Waals surface area contributed by atoms with Gasteiger partial charge in [-0.25, -0.2) is 0 Å². The number of benzene rings is 1. The maximum Gasteiger partial charge on any atom is 0.224 e. The van der Waals surface area contributed by atoms with Gasteiger partial charge in [0.2, 0.25) is 5.91 Å². The summed E-state index contributed by atoms with van der Waals surface area (Å²) in [6, 6.07) is 0.136. The van der Waals surface area contributed by atoms with E-state index >= 15 is 0 Å². The quantitative estimate of drug-likeness (QED) is 0.834. The van der Waals surface area contributed by atoms with Crippen LogP contribution in [0, 0.1) is 12.8 Å². The van der Waals surface area contributed by atoms with E-state index < -0.39 is 24.6 Å². The second kappa shape index (κ2) is 4.13. The van der Waals surface area contributed by atoms with Crippen molar-refractivity contribution in [2.45, 2.75) is 32.5 Å². The van der Waals surface area contributed by atoms with Crippen LogP contribution in [0.25, 0.3) is 5.57 Å². The van der Waals surface area contributed by atoms with Crippen molar-refractivity contribution in [1.29, 1.82) is 0 Å². The molecule has 3 rings (SSSR count). The largest absolute Gasteiger partial charge is 0.369 e. The maximum absolute atomic E-state index is 11.9. The molecule has 1 amide bonds. The van der Waals surface area contributed by atoms with E-state index in [0.717, 1.165) is 0 Å². The van der Waals surface area contributed by atoms with Crippen molar-refractivity contribution >= 4 is 23.1 Å². The Bertz CT molecular complexity index is 817. The molecular weight excluding hydrogens is 246 g/mol. The first kappa shape index (κ1) is 6.76. The van der Waals surface area contributed by atoms with Crippen molar-refractivity contribution in [1.82, 2.24) is 0 Å². The molecule has 0 aromatic heterocycles. The van der Waals surface area contributed by atoms with E-state index in [-0.39, 0.29) is 29.9 Å². The van der Waals surface area contributed by atoms with Gasteiger partial charge >= 0.3 is 0 Å². The first-order valence-electron chi connectivity index (χ1n) is 8.71. The summed E-state index contributed by atoms with van der Waals surface area (Å²) in [4.78, 5) is 11.9. The highest BCUT2D eigenvalue weighted by atomic mass is 35.5. The third kappa shape index (κ3) is 1.67. The van der Waals surface area contributed by atoms with E-state index in [1.54, 1.807) is 6.92 Å². The van der Waals surface area contributed by atoms with Gasteiger partial charge in [-0.3, -0.25) is 4.79 Å². The Labute approximate surface area is 120 Å². The second-order valence-corrected chi connectivity index (χ2v) is 4.93. The standard InChI is InChI=1S/C15H16ClNO/c1-8-5-9-6-13-10(12(9)7-14(8)16)3-2-4-11(13)15(17)18/h5,7,11H,2-4,6H2,1H3,(H2,17,18)/i2D2,4D2,5D,7D. The highest BCUT2D eigenvalue weighted by Crippen LogP contribution is 2.45. The Morgan fingerprint density at radius 3 is 3.11 bits per heavy atom. The van der Waals surface area contributed by atoms with Crippen molar-refractivity contribution in [3.05, 3.63) is 39.4 Å². The molecule has 0 fully saturated rings. The van der Waals surface area contributed by atoms with Crippen LogP contribution in [0.3, 0.4) is 0 Å². The lowest BCUT2D eigenvalue weighted by atomic mass is 9.82. The zero-order chi connectivity index (χ0) is 18.2. The predicted molar refractivity (Wildman–Crippen MR) is 73.3 cm³/mol. The molecule has 2 N–H and O–H groups in total. The molecule has 0 saturated heterocycles. The Morgan fingerprint density at radius 2 is 2.39 bits per heavy atom. The number of nitrogens with two attached hydrogens (primary N) is 1. The van der Waals surface area contributed by atoms with Crippen LogP contribution in [0.1, 0.15) is 44.1 Å². The summed E-state index contributed by atoms with van der Waals surface area (Å²) in [5.74, 6) is -2.37. The predicted octanol–water partition coefficient (Wildman–Crippen LogP) is 3.24. The van der Waals surface area contributed by atoms with Crippen LogP contribution in [0.4, 0.5) is 0 Å². The number of halogens is 1. The van der Waals surface area contributed by atoms with Gasteiger partial charge in [0.1, 0.15) is 0 Å². The Balaban J connectivity index is 2.32. The van der Waals surface area contributed by atoms with E-state index in [0.29, 0.717) is 27.8 Å². The minimum absolute atomic E-state index is 0.00773. The molecule has 2 aliphatic rings. The lowest BCUT2D eigenvalue weighted by Gasteiger charge is -2.22. The van der Waals surface area contributed by atoms with Gasteiger partial charge in [0.15, 0.2) is 0 Å². The lowest BCUT2D eigenvalue weighted by Crippen LogP contribution is -2.27. The summed E-state index contributed by atoms with van der Waals surface area (Å²) >= 11 is 6.13. The molecule has 1 aromatic carbocycles. The molecule has 3 heteroatoms. The average molecular weight is 268 g/mol. The van der Waals surface area contributed by atoms with Gasteiger partial charge in [-0.1, -0.05) is 17.6 Å².